The van der Waals surface area contributed by atoms with Gasteiger partial charge in [0.15, 0.2) is 0 Å². The van der Waals surface area contributed by atoms with Crippen LogP contribution in [-0.2, 0) is 4.79 Å². The van der Waals surface area contributed by atoms with Gasteiger partial charge in [0.1, 0.15) is 5.76 Å². The normalized spacial score (nSPS) is 12.3. The second-order valence-electron chi connectivity index (χ2n) is 5.40. The molecule has 5 heteroatoms. The maximum absolute atomic E-state index is 12.0. The van der Waals surface area contributed by atoms with Crippen molar-refractivity contribution in [2.45, 2.75) is 40.2 Å². The van der Waals surface area contributed by atoms with Gasteiger partial charge in [0.2, 0.25) is 0 Å². The van der Waals surface area contributed by atoms with Crippen molar-refractivity contribution in [3.05, 3.63) is 23.7 Å². The van der Waals surface area contributed by atoms with Gasteiger partial charge in [-0.25, -0.2) is 0 Å². The van der Waals surface area contributed by atoms with Gasteiger partial charge >= 0.3 is 5.97 Å². The van der Waals surface area contributed by atoms with Gasteiger partial charge in [-0.1, -0.05) is 0 Å². The van der Waals surface area contributed by atoms with Gasteiger partial charge in [0.05, 0.1) is 22.8 Å². The van der Waals surface area contributed by atoms with E-state index in [1.807, 2.05) is 0 Å². The summed E-state index contributed by atoms with van der Waals surface area (Å²) in [4.78, 5) is 23.3. The second kappa shape index (κ2) is 4.48. The average Bonchev–Trinajstić information content (AvgIpc) is 2.63. The molecule has 0 fully saturated rings. The van der Waals surface area contributed by atoms with Gasteiger partial charge in [0, 0.05) is 0 Å². The molecule has 18 heavy (non-hydrogen) atoms. The molecule has 0 unspecified atom stereocenters. The number of aryl methyl sites for hydroxylation is 1. The van der Waals surface area contributed by atoms with E-state index < -0.39 is 16.9 Å². The van der Waals surface area contributed by atoms with Gasteiger partial charge < -0.3 is 14.8 Å². The van der Waals surface area contributed by atoms with Gasteiger partial charge in [-0.05, 0) is 40.7 Å². The molecule has 0 aliphatic carbocycles. The van der Waals surface area contributed by atoms with Crippen LogP contribution in [0, 0.1) is 12.3 Å². The van der Waals surface area contributed by atoms with E-state index in [1.165, 1.54) is 6.26 Å². The second-order valence-corrected chi connectivity index (χ2v) is 5.40. The van der Waals surface area contributed by atoms with Crippen LogP contribution in [0.15, 0.2) is 16.7 Å². The maximum atomic E-state index is 12.0. The van der Waals surface area contributed by atoms with Crippen LogP contribution in [0.1, 0.15) is 43.8 Å². The smallest absolute Gasteiger partial charge is 0.311 e. The molecule has 0 atom stereocenters. The van der Waals surface area contributed by atoms with E-state index in [1.54, 1.807) is 40.7 Å². The lowest BCUT2D eigenvalue weighted by molar-refractivity contribution is -0.150. The Morgan fingerprint density at radius 3 is 2.22 bits per heavy atom. The first-order chi connectivity index (χ1) is 8.09. The molecule has 0 aromatic carbocycles. The first kappa shape index (κ1) is 14.3. The van der Waals surface area contributed by atoms with Crippen LogP contribution in [0.3, 0.4) is 0 Å². The molecule has 1 aromatic heterocycles. The van der Waals surface area contributed by atoms with E-state index in [0.717, 1.165) is 0 Å². The molecule has 0 saturated heterocycles. The van der Waals surface area contributed by atoms with E-state index >= 15 is 0 Å². The Hall–Kier alpha value is -1.78. The Morgan fingerprint density at radius 2 is 1.83 bits per heavy atom. The van der Waals surface area contributed by atoms with E-state index in [0.29, 0.717) is 11.3 Å². The van der Waals surface area contributed by atoms with Gasteiger partial charge in [-0.3, -0.25) is 9.59 Å². The summed E-state index contributed by atoms with van der Waals surface area (Å²) in [7, 11) is 0. The standard InChI is InChI=1S/C13H19NO4/c1-8-9(6-7-18-8)10(15)14-13(4,5)12(2,3)11(16)17/h6-7H,1-5H3,(H,14,15)(H,16,17). The molecule has 2 N–H and O–H groups in total. The first-order valence-corrected chi connectivity index (χ1v) is 5.69. The monoisotopic (exact) mass is 253 g/mol. The summed E-state index contributed by atoms with van der Waals surface area (Å²) in [6, 6.07) is 1.56. The Kier molecular flexibility index (Phi) is 3.55. The largest absolute Gasteiger partial charge is 0.481 e. The maximum Gasteiger partial charge on any atom is 0.311 e. The van der Waals surface area contributed by atoms with E-state index in [4.69, 9.17) is 4.42 Å². The third-order valence-electron chi connectivity index (χ3n) is 3.63. The molecule has 1 amide bonds. The fraction of sp³-hybridized carbons (Fsp3) is 0.538. The topological polar surface area (TPSA) is 79.5 Å². The predicted molar refractivity (Wildman–Crippen MR) is 66.4 cm³/mol. The number of carboxylic acids is 1. The number of carbonyl (C=O) groups excluding carboxylic acids is 1. The van der Waals surface area contributed by atoms with Crippen molar-refractivity contribution in [3.8, 4) is 0 Å². The fourth-order valence-electron chi connectivity index (χ4n) is 1.40. The molecule has 100 valence electrons. The number of furan rings is 1. The third kappa shape index (κ3) is 2.39. The number of carboxylic acid groups (broad SMARTS) is 1. The molecule has 0 spiro atoms. The summed E-state index contributed by atoms with van der Waals surface area (Å²) in [6.07, 6.45) is 1.43. The van der Waals surface area contributed by atoms with E-state index in [9.17, 15) is 14.7 Å². The molecule has 5 nitrogen and oxygen atoms in total. The number of nitrogens with one attached hydrogen (secondary N) is 1. The number of hydrogen-bond donors (Lipinski definition) is 2. The van der Waals surface area contributed by atoms with Crippen molar-refractivity contribution in [1.82, 2.24) is 5.32 Å². The van der Waals surface area contributed by atoms with Crippen molar-refractivity contribution < 1.29 is 19.1 Å². The van der Waals surface area contributed by atoms with E-state index in [-0.39, 0.29) is 5.91 Å². The molecule has 0 bridgehead atoms. The van der Waals surface area contributed by atoms with Crippen LogP contribution < -0.4 is 5.32 Å². The molecule has 1 aromatic rings. The van der Waals surface area contributed by atoms with Crippen LogP contribution in [-0.4, -0.2) is 22.5 Å². The molecular formula is C13H19NO4. The fourth-order valence-corrected chi connectivity index (χ4v) is 1.40. The lowest BCUT2D eigenvalue weighted by atomic mass is 9.74. The molecule has 0 saturated carbocycles. The quantitative estimate of drug-likeness (QED) is 0.862. The lowest BCUT2D eigenvalue weighted by Crippen LogP contribution is -2.57. The number of rotatable bonds is 4. The summed E-state index contributed by atoms with van der Waals surface area (Å²) in [5.74, 6) is -0.784. The van der Waals surface area contributed by atoms with Crippen molar-refractivity contribution in [3.63, 3.8) is 0 Å². The van der Waals surface area contributed by atoms with Crippen molar-refractivity contribution >= 4 is 11.9 Å². The Labute approximate surface area is 106 Å². The first-order valence-electron chi connectivity index (χ1n) is 5.69. The number of aliphatic carboxylic acids is 1. The van der Waals surface area contributed by atoms with Crippen LogP contribution in [0.5, 0.6) is 0 Å². The third-order valence-corrected chi connectivity index (χ3v) is 3.63. The lowest BCUT2D eigenvalue weighted by Gasteiger charge is -2.38. The van der Waals surface area contributed by atoms with Crippen molar-refractivity contribution in [2.75, 3.05) is 0 Å². The molecule has 0 aliphatic heterocycles. The minimum absolute atomic E-state index is 0.333. The zero-order chi connectivity index (χ0) is 14.1. The van der Waals surface area contributed by atoms with Crippen molar-refractivity contribution in [2.24, 2.45) is 5.41 Å². The summed E-state index contributed by atoms with van der Waals surface area (Å²) in [6.45, 7) is 8.23. The zero-order valence-corrected chi connectivity index (χ0v) is 11.3. The molecular weight excluding hydrogens is 234 g/mol. The van der Waals surface area contributed by atoms with E-state index in [2.05, 4.69) is 5.32 Å². The van der Waals surface area contributed by atoms with Crippen LogP contribution in [0.25, 0.3) is 0 Å². The predicted octanol–water partition coefficient (Wildman–Crippen LogP) is 2.21. The highest BCUT2D eigenvalue weighted by Gasteiger charge is 2.44. The molecule has 1 rings (SSSR count). The SMILES string of the molecule is Cc1occc1C(=O)NC(C)(C)C(C)(C)C(=O)O. The molecule has 1 heterocycles. The van der Waals surface area contributed by atoms with Crippen LogP contribution in [0.2, 0.25) is 0 Å². The average molecular weight is 253 g/mol. The van der Waals surface area contributed by atoms with Crippen LogP contribution >= 0.6 is 0 Å². The minimum Gasteiger partial charge on any atom is -0.481 e. The number of hydrogen-bond acceptors (Lipinski definition) is 3. The summed E-state index contributed by atoms with van der Waals surface area (Å²) >= 11 is 0. The summed E-state index contributed by atoms with van der Waals surface area (Å²) in [5, 5.41) is 11.9. The highest BCUT2D eigenvalue weighted by molar-refractivity contribution is 5.96. The zero-order valence-electron chi connectivity index (χ0n) is 11.3. The minimum atomic E-state index is -1.08. The van der Waals surface area contributed by atoms with Gasteiger partial charge in [-0.15, -0.1) is 0 Å². The Balaban J connectivity index is 2.94. The van der Waals surface area contributed by atoms with Gasteiger partial charge in [0.25, 0.3) is 5.91 Å². The Bertz CT molecular complexity index is 471. The van der Waals surface area contributed by atoms with Gasteiger partial charge in [-0.2, -0.15) is 0 Å². The summed E-state index contributed by atoms with van der Waals surface area (Å²) in [5.41, 5.74) is -1.55. The number of carbonyl (C=O) groups is 2. The Morgan fingerprint density at radius 1 is 1.28 bits per heavy atom. The van der Waals surface area contributed by atoms with Crippen molar-refractivity contribution in [1.29, 1.82) is 0 Å². The van der Waals surface area contributed by atoms with Crippen LogP contribution in [0.4, 0.5) is 0 Å². The molecule has 0 aliphatic rings. The highest BCUT2D eigenvalue weighted by atomic mass is 16.4. The highest BCUT2D eigenvalue weighted by Crippen LogP contribution is 2.31. The molecule has 0 radical (unpaired) electrons. The number of amides is 1. The summed E-state index contributed by atoms with van der Waals surface area (Å²) < 4.78 is 5.06.